The summed E-state index contributed by atoms with van der Waals surface area (Å²) in [5.41, 5.74) is 6.68. The fourth-order valence-corrected chi connectivity index (χ4v) is 3.69. The molecule has 0 unspecified atom stereocenters. The summed E-state index contributed by atoms with van der Waals surface area (Å²) in [5.74, 6) is 0. The van der Waals surface area contributed by atoms with Crippen molar-refractivity contribution in [3.05, 3.63) is 107 Å². The Morgan fingerprint density at radius 3 is 2.33 bits per heavy atom. The van der Waals surface area contributed by atoms with Gasteiger partial charge in [0.1, 0.15) is 0 Å². The number of nitrogens with one attached hydrogen (secondary N) is 1. The van der Waals surface area contributed by atoms with Crippen LogP contribution in [-0.2, 0) is 13.1 Å². The number of para-hydroxylation sites is 1. The first-order chi connectivity index (χ1) is 13.2. The van der Waals surface area contributed by atoms with Gasteiger partial charge in [-0.15, -0.1) is 0 Å². The third-order valence-electron chi connectivity index (χ3n) is 5.37. The van der Waals surface area contributed by atoms with Gasteiger partial charge in [-0.25, -0.2) is 0 Å². The van der Waals surface area contributed by atoms with E-state index in [0.717, 1.165) is 13.1 Å². The molecule has 4 rings (SSSR count). The third kappa shape index (κ3) is 3.81. The standard InChI is InChI=1S/C25H26N2/c1-19-10-6-7-13-22(19)17-27-18-23(24-14-8-9-15-25(24)27)16-26-20(2)21-11-4-3-5-12-21/h3-15,18,20,26H,16-17H2,1-2H3/t20-/m1/s1. The summed E-state index contributed by atoms with van der Waals surface area (Å²) in [4.78, 5) is 0. The van der Waals surface area contributed by atoms with E-state index in [1.807, 2.05) is 0 Å². The molecule has 2 heteroatoms. The summed E-state index contributed by atoms with van der Waals surface area (Å²) in [5, 5.41) is 5.01. The maximum atomic E-state index is 3.68. The van der Waals surface area contributed by atoms with Gasteiger partial charge < -0.3 is 9.88 Å². The predicted molar refractivity (Wildman–Crippen MR) is 114 cm³/mol. The first kappa shape index (κ1) is 17.6. The van der Waals surface area contributed by atoms with Crippen molar-refractivity contribution < 1.29 is 0 Å². The van der Waals surface area contributed by atoms with Crippen LogP contribution in [0, 0.1) is 6.92 Å². The SMILES string of the molecule is Cc1ccccc1Cn1cc(CN[C@H](C)c2ccccc2)c2ccccc21. The molecule has 2 nitrogen and oxygen atoms in total. The molecule has 0 aliphatic carbocycles. The van der Waals surface area contributed by atoms with Crippen LogP contribution in [0.4, 0.5) is 0 Å². The summed E-state index contributed by atoms with van der Waals surface area (Å²) in [6.07, 6.45) is 2.31. The monoisotopic (exact) mass is 354 g/mol. The van der Waals surface area contributed by atoms with E-state index >= 15 is 0 Å². The molecule has 0 aliphatic heterocycles. The van der Waals surface area contributed by atoms with E-state index in [1.165, 1.54) is 33.2 Å². The Morgan fingerprint density at radius 1 is 0.815 bits per heavy atom. The highest BCUT2D eigenvalue weighted by molar-refractivity contribution is 5.84. The fraction of sp³-hybridized carbons (Fsp3) is 0.200. The van der Waals surface area contributed by atoms with Crippen molar-refractivity contribution >= 4 is 10.9 Å². The van der Waals surface area contributed by atoms with E-state index in [0.29, 0.717) is 6.04 Å². The van der Waals surface area contributed by atoms with Crippen molar-refractivity contribution in [1.82, 2.24) is 9.88 Å². The number of benzene rings is 3. The molecule has 4 aromatic rings. The van der Waals surface area contributed by atoms with E-state index in [4.69, 9.17) is 0 Å². The number of aryl methyl sites for hydroxylation is 1. The van der Waals surface area contributed by atoms with Crippen molar-refractivity contribution in [3.63, 3.8) is 0 Å². The van der Waals surface area contributed by atoms with Crippen LogP contribution < -0.4 is 5.32 Å². The Bertz CT molecular complexity index is 1030. The molecule has 0 spiro atoms. The fourth-order valence-electron chi connectivity index (χ4n) is 3.69. The third-order valence-corrected chi connectivity index (χ3v) is 5.37. The van der Waals surface area contributed by atoms with Crippen molar-refractivity contribution in [3.8, 4) is 0 Å². The molecule has 1 heterocycles. The highest BCUT2D eigenvalue weighted by Crippen LogP contribution is 2.24. The smallest absolute Gasteiger partial charge is 0.0486 e. The van der Waals surface area contributed by atoms with Gasteiger partial charge >= 0.3 is 0 Å². The molecular weight excluding hydrogens is 328 g/mol. The van der Waals surface area contributed by atoms with Crippen LogP contribution in [-0.4, -0.2) is 4.57 Å². The molecule has 27 heavy (non-hydrogen) atoms. The van der Waals surface area contributed by atoms with Crippen molar-refractivity contribution in [1.29, 1.82) is 0 Å². The maximum Gasteiger partial charge on any atom is 0.0486 e. The Kier molecular flexibility index (Phi) is 5.08. The van der Waals surface area contributed by atoms with Crippen LogP contribution >= 0.6 is 0 Å². The van der Waals surface area contributed by atoms with Crippen LogP contribution in [0.15, 0.2) is 85.1 Å². The van der Waals surface area contributed by atoms with Crippen LogP contribution in [0.2, 0.25) is 0 Å². The first-order valence-corrected chi connectivity index (χ1v) is 9.62. The lowest BCUT2D eigenvalue weighted by atomic mass is 10.1. The first-order valence-electron chi connectivity index (χ1n) is 9.62. The second-order valence-electron chi connectivity index (χ2n) is 7.24. The van der Waals surface area contributed by atoms with Gasteiger partial charge in [0.05, 0.1) is 0 Å². The van der Waals surface area contributed by atoms with E-state index < -0.39 is 0 Å². The number of aromatic nitrogens is 1. The summed E-state index contributed by atoms with van der Waals surface area (Å²) in [7, 11) is 0. The van der Waals surface area contributed by atoms with Gasteiger partial charge in [-0.1, -0.05) is 72.8 Å². The van der Waals surface area contributed by atoms with Gasteiger partial charge in [-0.2, -0.15) is 0 Å². The van der Waals surface area contributed by atoms with Gasteiger partial charge in [-0.05, 0) is 42.2 Å². The van der Waals surface area contributed by atoms with Crippen LogP contribution in [0.1, 0.15) is 35.2 Å². The minimum atomic E-state index is 0.324. The lowest BCUT2D eigenvalue weighted by molar-refractivity contribution is 0.575. The van der Waals surface area contributed by atoms with Crippen LogP contribution in [0.5, 0.6) is 0 Å². The summed E-state index contributed by atoms with van der Waals surface area (Å²) < 4.78 is 2.38. The molecule has 0 saturated heterocycles. The minimum absolute atomic E-state index is 0.324. The van der Waals surface area contributed by atoms with Gasteiger partial charge in [-0.3, -0.25) is 0 Å². The van der Waals surface area contributed by atoms with Crippen molar-refractivity contribution in [2.75, 3.05) is 0 Å². The lowest BCUT2D eigenvalue weighted by Crippen LogP contribution is -2.17. The van der Waals surface area contributed by atoms with Gasteiger partial charge in [0.15, 0.2) is 0 Å². The van der Waals surface area contributed by atoms with E-state index in [2.05, 4.69) is 109 Å². The summed E-state index contributed by atoms with van der Waals surface area (Å²) >= 11 is 0. The minimum Gasteiger partial charge on any atom is -0.343 e. The molecule has 136 valence electrons. The molecule has 1 aromatic heterocycles. The molecule has 1 atom stereocenters. The molecule has 0 saturated carbocycles. The number of hydrogen-bond acceptors (Lipinski definition) is 1. The lowest BCUT2D eigenvalue weighted by Gasteiger charge is -2.13. The molecule has 0 amide bonds. The van der Waals surface area contributed by atoms with Crippen molar-refractivity contribution in [2.24, 2.45) is 0 Å². The van der Waals surface area contributed by atoms with E-state index in [1.54, 1.807) is 0 Å². The largest absolute Gasteiger partial charge is 0.343 e. The molecule has 3 aromatic carbocycles. The second kappa shape index (κ2) is 7.81. The van der Waals surface area contributed by atoms with Gasteiger partial charge in [0.25, 0.3) is 0 Å². The van der Waals surface area contributed by atoms with Gasteiger partial charge in [0, 0.05) is 36.2 Å². The number of rotatable bonds is 6. The zero-order valence-corrected chi connectivity index (χ0v) is 16.0. The topological polar surface area (TPSA) is 17.0 Å². The Hall–Kier alpha value is -2.84. The number of fused-ring (bicyclic) bond motifs is 1. The van der Waals surface area contributed by atoms with E-state index in [-0.39, 0.29) is 0 Å². The second-order valence-corrected chi connectivity index (χ2v) is 7.24. The van der Waals surface area contributed by atoms with Crippen molar-refractivity contribution in [2.45, 2.75) is 33.0 Å². The number of hydrogen-bond donors (Lipinski definition) is 1. The molecule has 0 fully saturated rings. The molecular formula is C25H26N2. The molecule has 0 aliphatic rings. The normalized spacial score (nSPS) is 12.4. The number of nitrogens with zero attached hydrogens (tertiary/aromatic N) is 1. The Balaban J connectivity index is 1.59. The Labute approximate surface area is 161 Å². The highest BCUT2D eigenvalue weighted by Gasteiger charge is 2.11. The van der Waals surface area contributed by atoms with Gasteiger partial charge in [0.2, 0.25) is 0 Å². The highest BCUT2D eigenvalue weighted by atomic mass is 15.0. The Morgan fingerprint density at radius 2 is 1.52 bits per heavy atom. The molecule has 0 bridgehead atoms. The molecule has 1 N–H and O–H groups in total. The molecule has 0 radical (unpaired) electrons. The van der Waals surface area contributed by atoms with Crippen LogP contribution in [0.25, 0.3) is 10.9 Å². The quantitative estimate of drug-likeness (QED) is 0.460. The summed E-state index contributed by atoms with van der Waals surface area (Å²) in [6, 6.07) is 28.3. The average molecular weight is 354 g/mol. The predicted octanol–water partition coefficient (Wildman–Crippen LogP) is 5.85. The average Bonchev–Trinajstić information content (AvgIpc) is 3.06. The zero-order chi connectivity index (χ0) is 18.6. The van der Waals surface area contributed by atoms with E-state index in [9.17, 15) is 0 Å². The zero-order valence-electron chi connectivity index (χ0n) is 16.0. The van der Waals surface area contributed by atoms with Crippen LogP contribution in [0.3, 0.4) is 0 Å². The summed E-state index contributed by atoms with van der Waals surface area (Å²) in [6.45, 7) is 6.17. The maximum absolute atomic E-state index is 3.68.